The second kappa shape index (κ2) is 5.89. The van der Waals surface area contributed by atoms with Crippen molar-refractivity contribution in [1.82, 2.24) is 0 Å². The summed E-state index contributed by atoms with van der Waals surface area (Å²) in [7, 11) is 0. The third-order valence-electron chi connectivity index (χ3n) is 3.68. The van der Waals surface area contributed by atoms with Crippen LogP contribution in [-0.4, -0.2) is 17.9 Å². The number of hydrogen-bond donors (Lipinski definition) is 1. The maximum atomic E-state index is 12.4. The van der Waals surface area contributed by atoms with Crippen LogP contribution in [0.15, 0.2) is 60.7 Å². The zero-order valence-corrected chi connectivity index (χ0v) is 11.6. The molecule has 0 aromatic heterocycles. The van der Waals surface area contributed by atoms with Crippen LogP contribution in [0.5, 0.6) is 0 Å². The van der Waals surface area contributed by atoms with E-state index < -0.39 is 0 Å². The van der Waals surface area contributed by atoms with Crippen molar-refractivity contribution >= 4 is 17.5 Å². The molecule has 2 aromatic rings. The number of carbonyl (C=O) groups excluding carboxylic acids is 2. The molecule has 1 heterocycles. The molecule has 106 valence electrons. The molecule has 1 aliphatic heterocycles. The molecule has 0 unspecified atom stereocenters. The molecule has 2 N–H and O–H groups in total. The molecule has 0 aliphatic carbocycles. The molecule has 1 atom stereocenters. The van der Waals surface area contributed by atoms with E-state index in [1.54, 1.807) is 12.1 Å². The predicted molar refractivity (Wildman–Crippen MR) is 79.4 cm³/mol. The largest absolute Gasteiger partial charge is 0.332 e. The van der Waals surface area contributed by atoms with Crippen LogP contribution >= 0.6 is 0 Å². The van der Waals surface area contributed by atoms with Gasteiger partial charge in [0.05, 0.1) is 12.1 Å². The first-order chi connectivity index (χ1) is 10.3. The van der Waals surface area contributed by atoms with Crippen molar-refractivity contribution in [3.8, 4) is 0 Å². The topological polar surface area (TPSA) is 54.0 Å². The normalized spacial score (nSPS) is 18.3. The number of nitrogens with zero attached hydrogens (tertiary/aromatic N) is 1. The highest BCUT2D eigenvalue weighted by atomic mass is 16.2. The maximum absolute atomic E-state index is 12.4. The van der Waals surface area contributed by atoms with Crippen LogP contribution in [0.4, 0.5) is 5.69 Å². The monoisotopic (exact) mass is 281 g/mol. The Morgan fingerprint density at radius 1 is 0.952 bits per heavy atom. The lowest BCUT2D eigenvalue weighted by Gasteiger charge is -2.13. The zero-order valence-electron chi connectivity index (χ0n) is 11.6. The number of quaternary nitrogens is 1. The Bertz CT molecular complexity index is 640. The summed E-state index contributed by atoms with van der Waals surface area (Å²) >= 11 is 0. The van der Waals surface area contributed by atoms with Crippen molar-refractivity contribution in [1.29, 1.82) is 0 Å². The van der Waals surface area contributed by atoms with Crippen LogP contribution < -0.4 is 10.2 Å². The second-order valence-electron chi connectivity index (χ2n) is 5.14. The molecule has 4 nitrogen and oxygen atoms in total. The summed E-state index contributed by atoms with van der Waals surface area (Å²) in [6.45, 7) is 0.702. The summed E-state index contributed by atoms with van der Waals surface area (Å²) in [6.07, 6.45) is 0.264. The fraction of sp³-hybridized carbons (Fsp3) is 0.176. The van der Waals surface area contributed by atoms with Crippen LogP contribution in [-0.2, 0) is 16.1 Å². The van der Waals surface area contributed by atoms with Gasteiger partial charge in [0.1, 0.15) is 6.54 Å². The minimum absolute atomic E-state index is 0.123. The average Bonchev–Trinajstić information content (AvgIpc) is 2.81. The molecule has 1 fully saturated rings. The van der Waals surface area contributed by atoms with Crippen molar-refractivity contribution in [3.05, 3.63) is 66.2 Å². The first-order valence-electron chi connectivity index (χ1n) is 7.05. The van der Waals surface area contributed by atoms with Crippen LogP contribution in [0.1, 0.15) is 12.0 Å². The molecule has 21 heavy (non-hydrogen) atoms. The number of para-hydroxylation sites is 1. The van der Waals surface area contributed by atoms with Crippen molar-refractivity contribution in [2.45, 2.75) is 19.0 Å². The van der Waals surface area contributed by atoms with Crippen molar-refractivity contribution < 1.29 is 14.9 Å². The Morgan fingerprint density at radius 3 is 2.24 bits per heavy atom. The Morgan fingerprint density at radius 2 is 1.57 bits per heavy atom. The van der Waals surface area contributed by atoms with Gasteiger partial charge in [0.2, 0.25) is 5.91 Å². The molecular formula is C17H17N2O2+. The molecular weight excluding hydrogens is 264 g/mol. The van der Waals surface area contributed by atoms with E-state index in [0.29, 0.717) is 12.2 Å². The summed E-state index contributed by atoms with van der Waals surface area (Å²) in [6, 6.07) is 18.7. The highest BCUT2D eigenvalue weighted by molar-refractivity contribution is 6.21. The molecule has 2 aromatic carbocycles. The van der Waals surface area contributed by atoms with Gasteiger partial charge in [0, 0.05) is 5.56 Å². The minimum Gasteiger partial charge on any atom is -0.332 e. The van der Waals surface area contributed by atoms with E-state index in [-0.39, 0.29) is 24.3 Å². The second-order valence-corrected chi connectivity index (χ2v) is 5.14. The highest BCUT2D eigenvalue weighted by Gasteiger charge is 2.41. The van der Waals surface area contributed by atoms with Gasteiger partial charge in [-0.15, -0.1) is 0 Å². The lowest BCUT2D eigenvalue weighted by Crippen LogP contribution is -2.90. The predicted octanol–water partition coefficient (Wildman–Crippen LogP) is 1.08. The Hall–Kier alpha value is -2.46. The molecule has 2 amide bonds. The average molecular weight is 281 g/mol. The van der Waals surface area contributed by atoms with E-state index in [9.17, 15) is 9.59 Å². The maximum Gasteiger partial charge on any atom is 0.292 e. The van der Waals surface area contributed by atoms with Crippen LogP contribution in [0.3, 0.4) is 0 Å². The number of rotatable bonds is 4. The van der Waals surface area contributed by atoms with Crippen LogP contribution in [0, 0.1) is 0 Å². The smallest absolute Gasteiger partial charge is 0.292 e. The van der Waals surface area contributed by atoms with Gasteiger partial charge in [0.15, 0.2) is 6.04 Å². The standard InChI is InChI=1S/C17H16N2O2/c20-16-11-15(18-12-13-7-3-1-4-8-13)17(21)19(16)14-9-5-2-6-10-14/h1-10,15,18H,11-12H2/p+1/t15-/m1/s1. The first-order valence-corrected chi connectivity index (χ1v) is 7.05. The van der Waals surface area contributed by atoms with Gasteiger partial charge in [-0.25, -0.2) is 4.90 Å². The number of benzene rings is 2. The Balaban J connectivity index is 1.69. The summed E-state index contributed by atoms with van der Waals surface area (Å²) < 4.78 is 0. The molecule has 1 aliphatic rings. The van der Waals surface area contributed by atoms with Gasteiger partial charge in [-0.2, -0.15) is 0 Å². The number of hydrogen-bond acceptors (Lipinski definition) is 2. The fourth-order valence-electron chi connectivity index (χ4n) is 2.58. The zero-order chi connectivity index (χ0) is 14.7. The van der Waals surface area contributed by atoms with Crippen molar-refractivity contribution in [2.24, 2.45) is 0 Å². The van der Waals surface area contributed by atoms with Gasteiger partial charge in [-0.3, -0.25) is 9.59 Å². The SMILES string of the molecule is O=C1C[C@@H]([NH2+]Cc2ccccc2)C(=O)N1c1ccccc1. The highest BCUT2D eigenvalue weighted by Crippen LogP contribution is 2.20. The number of carbonyl (C=O) groups is 2. The van der Waals surface area contributed by atoms with Crippen molar-refractivity contribution in [3.63, 3.8) is 0 Å². The third kappa shape index (κ3) is 2.85. The summed E-state index contributed by atoms with van der Waals surface area (Å²) in [5.74, 6) is -0.248. The van der Waals surface area contributed by atoms with E-state index in [1.165, 1.54) is 4.90 Å². The van der Waals surface area contributed by atoms with Crippen molar-refractivity contribution in [2.75, 3.05) is 4.90 Å². The lowest BCUT2D eigenvalue weighted by atomic mass is 10.2. The number of anilines is 1. The van der Waals surface area contributed by atoms with Gasteiger partial charge >= 0.3 is 0 Å². The summed E-state index contributed by atoms with van der Waals surface area (Å²) in [5, 5.41) is 1.94. The molecule has 4 heteroatoms. The lowest BCUT2D eigenvalue weighted by molar-refractivity contribution is -0.690. The molecule has 0 spiro atoms. The van der Waals surface area contributed by atoms with Gasteiger partial charge in [-0.05, 0) is 12.1 Å². The third-order valence-corrected chi connectivity index (χ3v) is 3.68. The van der Waals surface area contributed by atoms with E-state index in [2.05, 4.69) is 0 Å². The van der Waals surface area contributed by atoms with E-state index in [4.69, 9.17) is 0 Å². The molecule has 0 radical (unpaired) electrons. The summed E-state index contributed by atoms with van der Waals surface area (Å²) in [4.78, 5) is 25.8. The number of amides is 2. The number of imide groups is 1. The Labute approximate surface area is 123 Å². The van der Waals surface area contributed by atoms with Crippen LogP contribution in [0.25, 0.3) is 0 Å². The number of nitrogens with two attached hydrogens (primary N) is 1. The molecule has 0 bridgehead atoms. The van der Waals surface area contributed by atoms with E-state index in [0.717, 1.165) is 5.56 Å². The molecule has 1 saturated heterocycles. The van der Waals surface area contributed by atoms with Gasteiger partial charge in [-0.1, -0.05) is 48.5 Å². The van der Waals surface area contributed by atoms with Gasteiger partial charge in [0.25, 0.3) is 5.91 Å². The first kappa shape index (κ1) is 13.5. The molecule has 0 saturated carbocycles. The van der Waals surface area contributed by atoms with E-state index in [1.807, 2.05) is 53.8 Å². The fourth-order valence-corrected chi connectivity index (χ4v) is 2.58. The quantitative estimate of drug-likeness (QED) is 0.853. The minimum atomic E-state index is -0.321. The van der Waals surface area contributed by atoms with Crippen LogP contribution in [0.2, 0.25) is 0 Å². The summed E-state index contributed by atoms with van der Waals surface area (Å²) in [5.41, 5.74) is 1.80. The Kier molecular flexibility index (Phi) is 3.79. The molecule has 3 rings (SSSR count). The van der Waals surface area contributed by atoms with E-state index >= 15 is 0 Å². The van der Waals surface area contributed by atoms with Gasteiger partial charge < -0.3 is 5.32 Å².